The van der Waals surface area contributed by atoms with E-state index in [1.807, 2.05) is 56.3 Å². The summed E-state index contributed by atoms with van der Waals surface area (Å²) in [6, 6.07) is 13.3. The van der Waals surface area contributed by atoms with Gasteiger partial charge in [-0.1, -0.05) is 37.6 Å². The van der Waals surface area contributed by atoms with E-state index >= 15 is 0 Å². The van der Waals surface area contributed by atoms with Gasteiger partial charge < -0.3 is 19.6 Å². The Morgan fingerprint density at radius 1 is 1.25 bits per heavy atom. The third-order valence-corrected chi connectivity index (χ3v) is 5.87. The number of benzene rings is 2. The third kappa shape index (κ3) is 4.71. The molecular formula is C25H29ClN2O4. The Morgan fingerprint density at radius 2 is 2.03 bits per heavy atom. The van der Waals surface area contributed by atoms with Gasteiger partial charge in [0.05, 0.1) is 13.2 Å². The number of rotatable bonds is 7. The molecule has 4 rings (SSSR count). The fraction of sp³-hybridized carbons (Fsp3) is 0.400. The van der Waals surface area contributed by atoms with Crippen molar-refractivity contribution >= 4 is 28.6 Å². The van der Waals surface area contributed by atoms with E-state index < -0.39 is 0 Å². The average Bonchev–Trinajstić information content (AvgIpc) is 3.15. The number of hydrogen-bond acceptors (Lipinski definition) is 4. The fourth-order valence-electron chi connectivity index (χ4n) is 4.13. The molecule has 6 nitrogen and oxygen atoms in total. The van der Waals surface area contributed by atoms with Crippen LogP contribution in [0.3, 0.4) is 0 Å². The molecule has 1 atom stereocenters. The van der Waals surface area contributed by atoms with Crippen molar-refractivity contribution in [1.29, 1.82) is 0 Å². The van der Waals surface area contributed by atoms with Gasteiger partial charge in [0.2, 0.25) is 0 Å². The highest BCUT2D eigenvalue weighted by molar-refractivity contribution is 6.31. The van der Waals surface area contributed by atoms with E-state index in [0.717, 1.165) is 34.3 Å². The zero-order chi connectivity index (χ0) is 22.7. The number of aromatic amines is 1. The van der Waals surface area contributed by atoms with Crippen LogP contribution in [0.15, 0.2) is 42.5 Å². The second-order valence-corrected chi connectivity index (χ2v) is 8.95. The van der Waals surface area contributed by atoms with Crippen LogP contribution >= 0.6 is 11.6 Å². The number of aliphatic hydroxyl groups excluding tert-OH is 1. The molecule has 1 aliphatic heterocycles. The maximum absolute atomic E-state index is 13.0. The van der Waals surface area contributed by atoms with Crippen LogP contribution in [0.25, 0.3) is 10.9 Å². The first-order valence-corrected chi connectivity index (χ1v) is 11.4. The molecule has 2 N–H and O–H groups in total. The van der Waals surface area contributed by atoms with E-state index in [9.17, 15) is 4.79 Å². The molecule has 0 bridgehead atoms. The summed E-state index contributed by atoms with van der Waals surface area (Å²) in [5.74, 6) is 0.999. The Kier molecular flexibility index (Phi) is 6.92. The minimum atomic E-state index is -0.311. The second kappa shape index (κ2) is 9.84. The molecule has 0 saturated carbocycles. The number of carbonyl (C=O) groups is 1. The number of H-pyrrole nitrogens is 1. The van der Waals surface area contributed by atoms with Gasteiger partial charge in [0.25, 0.3) is 0 Å². The van der Waals surface area contributed by atoms with Crippen LogP contribution in [-0.4, -0.2) is 47.4 Å². The van der Waals surface area contributed by atoms with Gasteiger partial charge >= 0.3 is 6.09 Å². The molecule has 1 aliphatic rings. The van der Waals surface area contributed by atoms with Crippen LogP contribution in [-0.2, 0) is 11.2 Å². The van der Waals surface area contributed by atoms with Crippen LogP contribution in [0.4, 0.5) is 4.79 Å². The van der Waals surface area contributed by atoms with Gasteiger partial charge in [-0.05, 0) is 53.8 Å². The monoisotopic (exact) mass is 456 g/mol. The first-order chi connectivity index (χ1) is 15.5. The average molecular weight is 457 g/mol. The van der Waals surface area contributed by atoms with Crippen molar-refractivity contribution in [2.75, 3.05) is 26.4 Å². The van der Waals surface area contributed by atoms with Crippen molar-refractivity contribution in [3.05, 3.63) is 64.3 Å². The summed E-state index contributed by atoms with van der Waals surface area (Å²) in [5.41, 5.74) is 4.15. The van der Waals surface area contributed by atoms with Gasteiger partial charge in [0.1, 0.15) is 11.8 Å². The molecule has 0 fully saturated rings. The molecule has 1 amide bonds. The number of amides is 1. The molecule has 0 saturated heterocycles. The number of carbonyl (C=O) groups excluding carboxylic acids is 1. The molecular weight excluding hydrogens is 428 g/mol. The van der Waals surface area contributed by atoms with Crippen LogP contribution in [0.1, 0.15) is 43.1 Å². The van der Waals surface area contributed by atoms with Crippen molar-refractivity contribution in [1.82, 2.24) is 9.88 Å². The van der Waals surface area contributed by atoms with Crippen molar-refractivity contribution in [2.45, 2.75) is 32.7 Å². The lowest BCUT2D eigenvalue weighted by atomic mass is 9.92. The zero-order valence-corrected chi connectivity index (χ0v) is 19.2. The summed E-state index contributed by atoms with van der Waals surface area (Å²) in [6.07, 6.45) is 1.00. The van der Waals surface area contributed by atoms with Crippen LogP contribution in [0.2, 0.25) is 5.02 Å². The Morgan fingerprint density at radius 3 is 2.75 bits per heavy atom. The smallest absolute Gasteiger partial charge is 0.410 e. The van der Waals surface area contributed by atoms with E-state index in [1.165, 1.54) is 5.56 Å². The molecule has 3 aromatic rings. The van der Waals surface area contributed by atoms with E-state index in [1.54, 1.807) is 4.90 Å². The summed E-state index contributed by atoms with van der Waals surface area (Å²) in [4.78, 5) is 18.4. The molecule has 1 unspecified atom stereocenters. The van der Waals surface area contributed by atoms with Crippen molar-refractivity contribution < 1.29 is 19.4 Å². The van der Waals surface area contributed by atoms with E-state index in [-0.39, 0.29) is 24.7 Å². The Labute approximate surface area is 193 Å². The Hall–Kier alpha value is -2.70. The minimum absolute atomic E-state index is 0.0980. The summed E-state index contributed by atoms with van der Waals surface area (Å²) >= 11 is 6.26. The molecule has 0 aliphatic carbocycles. The SMILES string of the molecule is CC(C)COC(=O)N1CCc2c([nH]c3ccc(Cl)cc23)C1c1ccc(OCCCO)cc1. The quantitative estimate of drug-likeness (QED) is 0.471. The molecule has 7 heteroatoms. The van der Waals surface area contributed by atoms with Crippen molar-refractivity contribution in [3.63, 3.8) is 0 Å². The highest BCUT2D eigenvalue weighted by Crippen LogP contribution is 2.39. The molecule has 170 valence electrons. The Bertz CT molecular complexity index is 1080. The first-order valence-electron chi connectivity index (χ1n) is 11.0. The number of hydrogen-bond donors (Lipinski definition) is 2. The minimum Gasteiger partial charge on any atom is -0.494 e. The maximum atomic E-state index is 13.0. The van der Waals surface area contributed by atoms with E-state index in [2.05, 4.69) is 4.98 Å². The number of nitrogens with zero attached hydrogens (tertiary/aromatic N) is 1. The normalized spacial score (nSPS) is 15.8. The van der Waals surface area contributed by atoms with E-state index in [4.69, 9.17) is 26.2 Å². The molecule has 1 aromatic heterocycles. The lowest BCUT2D eigenvalue weighted by Gasteiger charge is -2.35. The van der Waals surface area contributed by atoms with Gasteiger partial charge in [-0.25, -0.2) is 4.79 Å². The van der Waals surface area contributed by atoms with Crippen molar-refractivity contribution in [2.24, 2.45) is 5.92 Å². The van der Waals surface area contributed by atoms with Crippen molar-refractivity contribution in [3.8, 4) is 5.75 Å². The van der Waals surface area contributed by atoms with Gasteiger partial charge in [-0.15, -0.1) is 0 Å². The number of halogens is 1. The number of aliphatic hydroxyl groups is 1. The summed E-state index contributed by atoms with van der Waals surface area (Å²) in [7, 11) is 0. The van der Waals surface area contributed by atoms with Gasteiger partial charge in [-0.3, -0.25) is 4.90 Å². The van der Waals surface area contributed by atoms with Crippen LogP contribution < -0.4 is 4.74 Å². The summed E-state index contributed by atoms with van der Waals surface area (Å²) in [5, 5.41) is 10.7. The second-order valence-electron chi connectivity index (χ2n) is 8.52. The third-order valence-electron chi connectivity index (χ3n) is 5.63. The number of aromatic nitrogens is 1. The lowest BCUT2D eigenvalue weighted by Crippen LogP contribution is -2.41. The summed E-state index contributed by atoms with van der Waals surface area (Å²) < 4.78 is 11.3. The molecule has 0 spiro atoms. The highest BCUT2D eigenvalue weighted by Gasteiger charge is 2.35. The van der Waals surface area contributed by atoms with Gasteiger partial charge in [0.15, 0.2) is 0 Å². The van der Waals surface area contributed by atoms with Gasteiger partial charge in [-0.2, -0.15) is 0 Å². The highest BCUT2D eigenvalue weighted by atomic mass is 35.5. The first kappa shape index (κ1) is 22.5. The van der Waals surface area contributed by atoms with Gasteiger partial charge in [0, 0.05) is 41.2 Å². The standard InChI is InChI=1S/C25H29ClN2O4/c1-16(2)15-32-25(30)28-11-10-20-21-14-18(26)6-9-22(21)27-23(20)24(28)17-4-7-19(8-5-17)31-13-3-12-29/h4-9,14,16,24,27,29H,3,10-13,15H2,1-2H3. The van der Waals surface area contributed by atoms with Crippen LogP contribution in [0, 0.1) is 5.92 Å². The van der Waals surface area contributed by atoms with Crippen LogP contribution in [0.5, 0.6) is 5.75 Å². The zero-order valence-electron chi connectivity index (χ0n) is 18.4. The Balaban J connectivity index is 1.70. The number of fused-ring (bicyclic) bond motifs is 3. The molecule has 2 heterocycles. The predicted octanol–water partition coefficient (Wildman–Crippen LogP) is 5.32. The molecule has 2 aromatic carbocycles. The maximum Gasteiger partial charge on any atom is 0.410 e. The predicted molar refractivity (Wildman–Crippen MR) is 125 cm³/mol. The summed E-state index contributed by atoms with van der Waals surface area (Å²) in [6.45, 7) is 5.55. The fourth-order valence-corrected chi connectivity index (χ4v) is 4.30. The molecule has 32 heavy (non-hydrogen) atoms. The largest absolute Gasteiger partial charge is 0.494 e. The number of ether oxygens (including phenoxy) is 2. The lowest BCUT2D eigenvalue weighted by molar-refractivity contribution is 0.0797. The van der Waals surface area contributed by atoms with E-state index in [0.29, 0.717) is 31.2 Å². The molecule has 0 radical (unpaired) electrons. The number of nitrogens with one attached hydrogen (secondary N) is 1. The topological polar surface area (TPSA) is 74.8 Å².